The Morgan fingerprint density at radius 1 is 0.727 bits per heavy atom. The summed E-state index contributed by atoms with van der Waals surface area (Å²) < 4.78 is 0. The molecule has 216 valence electrons. The first-order valence-corrected chi connectivity index (χ1v) is 19.1. The number of hydrogen-bond donors (Lipinski definition) is 0. The van der Waals surface area contributed by atoms with Gasteiger partial charge in [-0.25, -0.2) is 0 Å². The van der Waals surface area contributed by atoms with E-state index in [9.17, 15) is 0 Å². The van der Waals surface area contributed by atoms with E-state index in [1.807, 2.05) is 0 Å². The highest BCUT2D eigenvalue weighted by Crippen LogP contribution is 2.51. The first-order valence-electron chi connectivity index (χ1n) is 16.9. The van der Waals surface area contributed by atoms with Crippen LogP contribution in [0.3, 0.4) is 0 Å². The van der Waals surface area contributed by atoms with Crippen LogP contribution in [-0.4, -0.2) is 20.8 Å². The van der Waals surface area contributed by atoms with Crippen molar-refractivity contribution in [1.82, 2.24) is 0 Å². The second kappa shape index (κ2) is 9.59. The molecule has 1 fully saturated rings. The van der Waals surface area contributed by atoms with Crippen LogP contribution in [0.15, 0.2) is 115 Å². The van der Waals surface area contributed by atoms with E-state index >= 15 is 0 Å². The maximum absolute atomic E-state index is 2.73. The molecular formula is C41H40BNSi. The highest BCUT2D eigenvalue weighted by atomic mass is 28.3. The maximum Gasteiger partial charge on any atom is 0.241 e. The van der Waals surface area contributed by atoms with Crippen LogP contribution in [0.5, 0.6) is 0 Å². The summed E-state index contributed by atoms with van der Waals surface area (Å²) >= 11 is 0. The smallest absolute Gasteiger partial charge is 0.241 e. The van der Waals surface area contributed by atoms with Crippen LogP contribution in [-0.2, 0) is 5.41 Å². The number of hydrogen-bond acceptors (Lipinski definition) is 1. The van der Waals surface area contributed by atoms with Crippen molar-refractivity contribution in [3.63, 3.8) is 0 Å². The van der Waals surface area contributed by atoms with Gasteiger partial charge in [-0.05, 0) is 59.0 Å². The van der Waals surface area contributed by atoms with Gasteiger partial charge in [-0.1, -0.05) is 157 Å². The Morgan fingerprint density at radius 3 is 2.34 bits per heavy atom. The van der Waals surface area contributed by atoms with Crippen LogP contribution in [0, 0.1) is 0 Å². The lowest BCUT2D eigenvalue weighted by Crippen LogP contribution is -2.84. The van der Waals surface area contributed by atoms with Gasteiger partial charge < -0.3 is 4.90 Å². The topological polar surface area (TPSA) is 3.24 Å². The van der Waals surface area contributed by atoms with Crippen molar-refractivity contribution in [2.45, 2.75) is 69.9 Å². The SMILES string of the molecule is CC[Si]1(c2ccccc2)c2ccccc2B2c3cc(N4c5ccccc5C5CCCCC54)ccc3C(C)(C)c3cccc1c32. The summed E-state index contributed by atoms with van der Waals surface area (Å²) in [5.74, 6) is 0.650. The van der Waals surface area contributed by atoms with Gasteiger partial charge in [0, 0.05) is 28.7 Å². The van der Waals surface area contributed by atoms with Gasteiger partial charge in [0.25, 0.3) is 0 Å². The number of fused-ring (bicyclic) bond motifs is 7. The molecule has 4 aliphatic rings. The van der Waals surface area contributed by atoms with Gasteiger partial charge in [0.1, 0.15) is 8.07 Å². The summed E-state index contributed by atoms with van der Waals surface area (Å²) in [6.07, 6.45) is 5.28. The van der Waals surface area contributed by atoms with E-state index in [1.165, 1.54) is 64.3 Å². The van der Waals surface area contributed by atoms with Gasteiger partial charge in [-0.2, -0.15) is 0 Å². The zero-order chi connectivity index (χ0) is 29.6. The normalized spacial score (nSPS) is 23.7. The first kappa shape index (κ1) is 26.6. The molecule has 44 heavy (non-hydrogen) atoms. The minimum absolute atomic E-state index is 0.0666. The largest absolute Gasteiger partial charge is 0.338 e. The molecule has 0 aromatic heterocycles. The highest BCUT2D eigenvalue weighted by molar-refractivity contribution is 7.20. The van der Waals surface area contributed by atoms with Crippen LogP contribution in [0.1, 0.15) is 69.1 Å². The molecule has 0 saturated heterocycles. The van der Waals surface area contributed by atoms with Crippen LogP contribution < -0.4 is 36.8 Å². The van der Waals surface area contributed by atoms with Crippen molar-refractivity contribution in [3.8, 4) is 0 Å². The molecule has 3 atom stereocenters. The van der Waals surface area contributed by atoms with Crippen LogP contribution in [0.4, 0.5) is 11.4 Å². The fourth-order valence-electron chi connectivity index (χ4n) is 10.1. The molecule has 5 aromatic carbocycles. The van der Waals surface area contributed by atoms with Crippen LogP contribution in [0.2, 0.25) is 6.04 Å². The molecule has 1 nitrogen and oxygen atoms in total. The summed E-state index contributed by atoms with van der Waals surface area (Å²) in [5, 5.41) is 4.78. The fourth-order valence-corrected chi connectivity index (χ4v) is 15.2. The molecule has 1 saturated carbocycles. The monoisotopic (exact) mass is 585 g/mol. The Hall–Kier alpha value is -3.82. The molecule has 0 radical (unpaired) electrons. The van der Waals surface area contributed by atoms with Crippen molar-refractivity contribution < 1.29 is 0 Å². The van der Waals surface area contributed by atoms with Crippen molar-refractivity contribution in [2.24, 2.45) is 0 Å². The zero-order valence-electron chi connectivity index (χ0n) is 26.2. The van der Waals surface area contributed by atoms with E-state index in [0.717, 1.165) is 6.04 Å². The Labute approximate surface area is 264 Å². The molecule has 0 bridgehead atoms. The molecule has 3 aliphatic heterocycles. The van der Waals surface area contributed by atoms with Crippen molar-refractivity contribution >= 4 is 58.1 Å². The summed E-state index contributed by atoms with van der Waals surface area (Å²) in [7, 11) is -2.23. The van der Waals surface area contributed by atoms with E-state index in [0.29, 0.717) is 12.0 Å². The van der Waals surface area contributed by atoms with Crippen molar-refractivity contribution in [1.29, 1.82) is 0 Å². The Balaban J connectivity index is 1.31. The molecule has 0 N–H and O–H groups in total. The van der Waals surface area contributed by atoms with Gasteiger partial charge in [-0.15, -0.1) is 0 Å². The van der Waals surface area contributed by atoms with E-state index in [4.69, 9.17) is 0 Å². The molecule has 1 aliphatic carbocycles. The summed E-state index contributed by atoms with van der Waals surface area (Å²) in [4.78, 5) is 2.73. The average molecular weight is 586 g/mol. The Kier molecular flexibility index (Phi) is 5.79. The standard InChI is InChI=1S/C41H40BNSi/c1-4-44(29-15-6-5-7-16-29)38-23-13-10-20-34(38)42-35-27-28(25-26-32(35)41(2,3)33-19-14-24-39(44)40(33)42)43-36-21-11-8-17-30(36)31-18-9-12-22-37(31)43/h5-8,10-11,13-17,19-21,23-27,31,37H,4,9,12,18,22H2,1-3H3. The maximum atomic E-state index is 2.73. The third kappa shape index (κ3) is 3.37. The molecule has 3 unspecified atom stereocenters. The average Bonchev–Trinajstić information content (AvgIpc) is 3.41. The molecule has 0 spiro atoms. The minimum atomic E-state index is -2.23. The minimum Gasteiger partial charge on any atom is -0.338 e. The number of benzene rings is 5. The quantitative estimate of drug-likeness (QED) is 0.241. The van der Waals surface area contributed by atoms with E-state index in [1.54, 1.807) is 21.4 Å². The highest BCUT2D eigenvalue weighted by Gasteiger charge is 2.52. The van der Waals surface area contributed by atoms with Gasteiger partial charge in [0.2, 0.25) is 6.71 Å². The number of rotatable bonds is 3. The lowest BCUT2D eigenvalue weighted by molar-refractivity contribution is 0.402. The predicted molar refractivity (Wildman–Crippen MR) is 191 cm³/mol. The number of para-hydroxylation sites is 1. The van der Waals surface area contributed by atoms with E-state index < -0.39 is 8.07 Å². The second-order valence-corrected chi connectivity index (χ2v) is 18.4. The van der Waals surface area contributed by atoms with E-state index in [2.05, 4.69) is 141 Å². The summed E-state index contributed by atoms with van der Waals surface area (Å²) in [5.41, 5.74) is 12.0. The Morgan fingerprint density at radius 2 is 1.48 bits per heavy atom. The second-order valence-electron chi connectivity index (χ2n) is 14.2. The van der Waals surface area contributed by atoms with Gasteiger partial charge in [-0.3, -0.25) is 0 Å². The summed E-state index contributed by atoms with van der Waals surface area (Å²) in [6.45, 7) is 7.65. The predicted octanol–water partition coefficient (Wildman–Crippen LogP) is 5.82. The molecule has 3 heteroatoms. The number of anilines is 2. The zero-order valence-corrected chi connectivity index (χ0v) is 27.2. The lowest BCUT2D eigenvalue weighted by atomic mass is 9.31. The molecule has 0 amide bonds. The van der Waals surface area contributed by atoms with Gasteiger partial charge >= 0.3 is 0 Å². The van der Waals surface area contributed by atoms with E-state index in [-0.39, 0.29) is 12.1 Å². The lowest BCUT2D eigenvalue weighted by Gasteiger charge is -2.48. The van der Waals surface area contributed by atoms with Gasteiger partial charge in [0.05, 0.1) is 0 Å². The van der Waals surface area contributed by atoms with Crippen molar-refractivity contribution in [3.05, 3.63) is 132 Å². The third-order valence-corrected chi connectivity index (χ3v) is 17.1. The number of nitrogens with zero attached hydrogens (tertiary/aromatic N) is 1. The molecular weight excluding hydrogens is 545 g/mol. The van der Waals surface area contributed by atoms with Gasteiger partial charge in [0.15, 0.2) is 0 Å². The first-order chi connectivity index (χ1) is 21.6. The fraction of sp³-hybridized carbons (Fsp3) is 0.268. The molecule has 5 aromatic rings. The van der Waals surface area contributed by atoms with Crippen LogP contribution >= 0.6 is 0 Å². The van der Waals surface area contributed by atoms with Crippen molar-refractivity contribution in [2.75, 3.05) is 4.90 Å². The Bertz CT molecular complexity index is 1930. The third-order valence-electron chi connectivity index (χ3n) is 12.0. The molecule has 3 heterocycles. The molecule has 9 rings (SSSR count). The van der Waals surface area contributed by atoms with Crippen LogP contribution in [0.25, 0.3) is 0 Å². The summed E-state index contributed by atoms with van der Waals surface area (Å²) in [6, 6.07) is 46.9.